The fraction of sp³-hybridized carbons (Fsp3) is 1.00. The van der Waals surface area contributed by atoms with Gasteiger partial charge in [-0.05, 0) is 56.5 Å². The van der Waals surface area contributed by atoms with E-state index in [1.165, 1.54) is 58.2 Å². The Morgan fingerprint density at radius 2 is 1.60 bits per heavy atom. The van der Waals surface area contributed by atoms with Gasteiger partial charge in [-0.1, -0.05) is 40.5 Å². The highest BCUT2D eigenvalue weighted by atomic mass is 16.5. The van der Waals surface area contributed by atoms with Crippen molar-refractivity contribution in [3.63, 3.8) is 0 Å². The predicted octanol–water partition coefficient (Wildman–Crippen LogP) is 4.59. The zero-order valence-corrected chi connectivity index (χ0v) is 14.5. The first kappa shape index (κ1) is 18.0. The van der Waals surface area contributed by atoms with Crippen molar-refractivity contribution in [1.82, 2.24) is 4.90 Å². The molecule has 1 aliphatic rings. The maximum absolute atomic E-state index is 5.85. The first-order chi connectivity index (χ1) is 9.62. The second kappa shape index (κ2) is 9.78. The van der Waals surface area contributed by atoms with E-state index >= 15 is 0 Å². The van der Waals surface area contributed by atoms with Crippen molar-refractivity contribution in [1.29, 1.82) is 0 Å². The summed E-state index contributed by atoms with van der Waals surface area (Å²) < 4.78 is 5.85. The maximum atomic E-state index is 5.85. The smallest absolute Gasteiger partial charge is 0.0637 e. The van der Waals surface area contributed by atoms with Gasteiger partial charge in [0.1, 0.15) is 0 Å². The molecule has 1 saturated carbocycles. The van der Waals surface area contributed by atoms with Gasteiger partial charge in [0.05, 0.1) is 6.10 Å². The second-order valence-corrected chi connectivity index (χ2v) is 7.02. The summed E-state index contributed by atoms with van der Waals surface area (Å²) in [5, 5.41) is 0. The van der Waals surface area contributed by atoms with Gasteiger partial charge in [-0.3, -0.25) is 0 Å². The molecule has 0 aromatic rings. The van der Waals surface area contributed by atoms with Crippen molar-refractivity contribution in [3.05, 3.63) is 0 Å². The average Bonchev–Trinajstić information content (AvgIpc) is 2.41. The van der Waals surface area contributed by atoms with E-state index in [4.69, 9.17) is 4.74 Å². The van der Waals surface area contributed by atoms with Gasteiger partial charge in [-0.25, -0.2) is 0 Å². The van der Waals surface area contributed by atoms with Crippen molar-refractivity contribution >= 4 is 0 Å². The Hall–Kier alpha value is -0.0800. The van der Waals surface area contributed by atoms with E-state index in [1.54, 1.807) is 0 Å². The van der Waals surface area contributed by atoms with E-state index in [2.05, 4.69) is 32.6 Å². The van der Waals surface area contributed by atoms with E-state index in [0.29, 0.717) is 12.0 Å². The van der Waals surface area contributed by atoms with Crippen LogP contribution in [-0.4, -0.2) is 37.7 Å². The minimum Gasteiger partial charge on any atom is -0.381 e. The number of unbranched alkanes of at least 4 members (excludes halogenated alkanes) is 2. The lowest BCUT2D eigenvalue weighted by Crippen LogP contribution is -2.43. The van der Waals surface area contributed by atoms with E-state index in [-0.39, 0.29) is 0 Å². The summed E-state index contributed by atoms with van der Waals surface area (Å²) >= 11 is 0. The molecule has 0 radical (unpaired) electrons. The van der Waals surface area contributed by atoms with Crippen LogP contribution in [0.4, 0.5) is 0 Å². The lowest BCUT2D eigenvalue weighted by Gasteiger charge is -2.41. The highest BCUT2D eigenvalue weighted by molar-refractivity contribution is 4.85. The van der Waals surface area contributed by atoms with Crippen molar-refractivity contribution < 1.29 is 4.74 Å². The molecule has 1 fully saturated rings. The van der Waals surface area contributed by atoms with Crippen LogP contribution in [-0.2, 0) is 4.74 Å². The molecule has 4 atom stereocenters. The number of rotatable bonds is 9. The Kier molecular flexibility index (Phi) is 8.79. The molecular formula is C18H37NO. The summed E-state index contributed by atoms with van der Waals surface area (Å²) in [4.78, 5) is 2.70. The summed E-state index contributed by atoms with van der Waals surface area (Å²) in [5.74, 6) is 2.31. The third-order valence-electron chi connectivity index (χ3n) is 4.93. The number of hydrogen-bond acceptors (Lipinski definition) is 2. The normalized spacial score (nSPS) is 30.9. The summed E-state index contributed by atoms with van der Waals surface area (Å²) in [7, 11) is 1.91. The third-order valence-corrected chi connectivity index (χ3v) is 4.93. The summed E-state index contributed by atoms with van der Waals surface area (Å²) in [6.45, 7) is 13.2. The van der Waals surface area contributed by atoms with Crippen molar-refractivity contribution in [2.24, 2.45) is 17.8 Å². The Morgan fingerprint density at radius 3 is 2.10 bits per heavy atom. The average molecular weight is 284 g/mol. The van der Waals surface area contributed by atoms with Crippen LogP contribution in [0.25, 0.3) is 0 Å². The van der Waals surface area contributed by atoms with Gasteiger partial charge < -0.3 is 9.64 Å². The topological polar surface area (TPSA) is 12.5 Å². The quantitative estimate of drug-likeness (QED) is 0.614. The molecule has 0 aromatic carbocycles. The molecule has 1 rings (SSSR count). The summed E-state index contributed by atoms with van der Waals surface area (Å²) in [6.07, 6.45) is 8.41. The zero-order chi connectivity index (χ0) is 15.0. The van der Waals surface area contributed by atoms with Gasteiger partial charge in [0, 0.05) is 13.7 Å². The molecule has 4 unspecified atom stereocenters. The molecule has 0 saturated heterocycles. The van der Waals surface area contributed by atoms with Crippen LogP contribution in [0.2, 0.25) is 0 Å². The van der Waals surface area contributed by atoms with Crippen molar-refractivity contribution in [3.8, 4) is 0 Å². The van der Waals surface area contributed by atoms with Gasteiger partial charge in [-0.2, -0.15) is 0 Å². The van der Waals surface area contributed by atoms with Gasteiger partial charge in [-0.15, -0.1) is 0 Å². The van der Waals surface area contributed by atoms with Gasteiger partial charge >= 0.3 is 0 Å². The van der Waals surface area contributed by atoms with Crippen molar-refractivity contribution in [2.75, 3.05) is 26.7 Å². The minimum absolute atomic E-state index is 0.469. The molecule has 0 N–H and O–H groups in total. The summed E-state index contributed by atoms with van der Waals surface area (Å²) in [6, 6.07) is 0. The molecule has 0 bridgehead atoms. The second-order valence-electron chi connectivity index (χ2n) is 7.02. The fourth-order valence-corrected chi connectivity index (χ4v) is 3.97. The van der Waals surface area contributed by atoms with Crippen LogP contribution in [0.1, 0.15) is 66.2 Å². The SMILES string of the molecule is CCCCN(CCCC)CC1CC(C)CC(C)C1OC. The molecule has 2 heteroatoms. The number of nitrogens with zero attached hydrogens (tertiary/aromatic N) is 1. The van der Waals surface area contributed by atoms with E-state index in [1.807, 2.05) is 7.11 Å². The van der Waals surface area contributed by atoms with Gasteiger partial charge in [0.2, 0.25) is 0 Å². The Bertz CT molecular complexity index is 236. The molecule has 0 spiro atoms. The fourth-order valence-electron chi connectivity index (χ4n) is 3.97. The standard InChI is InChI=1S/C18H37NO/c1-6-8-10-19(11-9-7-2)14-17-13-15(3)12-16(4)18(17)20-5/h15-18H,6-14H2,1-5H3. The van der Waals surface area contributed by atoms with E-state index in [9.17, 15) is 0 Å². The number of hydrogen-bond donors (Lipinski definition) is 0. The Morgan fingerprint density at radius 1 is 1.00 bits per heavy atom. The van der Waals surface area contributed by atoms with Crippen molar-refractivity contribution in [2.45, 2.75) is 72.3 Å². The number of ether oxygens (including phenoxy) is 1. The lowest BCUT2D eigenvalue weighted by atomic mass is 9.74. The lowest BCUT2D eigenvalue weighted by molar-refractivity contribution is -0.0389. The van der Waals surface area contributed by atoms with Crippen LogP contribution in [0.15, 0.2) is 0 Å². The monoisotopic (exact) mass is 283 g/mol. The van der Waals surface area contributed by atoms with Crippen LogP contribution in [0, 0.1) is 17.8 Å². The molecule has 0 aromatic heterocycles. The third kappa shape index (κ3) is 5.73. The first-order valence-electron chi connectivity index (χ1n) is 8.87. The largest absolute Gasteiger partial charge is 0.381 e. The van der Waals surface area contributed by atoms with Gasteiger partial charge in [0.25, 0.3) is 0 Å². The summed E-state index contributed by atoms with van der Waals surface area (Å²) in [5.41, 5.74) is 0. The van der Waals surface area contributed by atoms with E-state index < -0.39 is 0 Å². The highest BCUT2D eigenvalue weighted by Gasteiger charge is 2.34. The molecule has 2 nitrogen and oxygen atoms in total. The zero-order valence-electron chi connectivity index (χ0n) is 14.5. The molecule has 1 aliphatic carbocycles. The van der Waals surface area contributed by atoms with Crippen LogP contribution in [0.3, 0.4) is 0 Å². The van der Waals surface area contributed by atoms with E-state index in [0.717, 1.165) is 11.8 Å². The predicted molar refractivity (Wildman–Crippen MR) is 88.1 cm³/mol. The Labute approximate surface area is 127 Å². The maximum Gasteiger partial charge on any atom is 0.0637 e. The van der Waals surface area contributed by atoms with Gasteiger partial charge in [0.15, 0.2) is 0 Å². The molecule has 120 valence electrons. The number of methoxy groups -OCH3 is 1. The molecular weight excluding hydrogens is 246 g/mol. The molecule has 0 aliphatic heterocycles. The molecule has 0 heterocycles. The minimum atomic E-state index is 0.469. The van der Waals surface area contributed by atoms with Crippen LogP contribution >= 0.6 is 0 Å². The first-order valence-corrected chi connectivity index (χ1v) is 8.87. The van der Waals surface area contributed by atoms with Crippen LogP contribution < -0.4 is 0 Å². The highest BCUT2D eigenvalue weighted by Crippen LogP contribution is 2.35. The molecule has 0 amide bonds. The van der Waals surface area contributed by atoms with Crippen LogP contribution in [0.5, 0.6) is 0 Å². The molecule has 20 heavy (non-hydrogen) atoms. The Balaban J connectivity index is 2.57.